The van der Waals surface area contributed by atoms with Gasteiger partial charge in [0.25, 0.3) is 5.91 Å². The number of piperazine rings is 1. The van der Waals surface area contributed by atoms with E-state index in [-0.39, 0.29) is 5.91 Å². The van der Waals surface area contributed by atoms with Gasteiger partial charge in [0, 0.05) is 52.0 Å². The average molecular weight is 489 g/mol. The van der Waals surface area contributed by atoms with Crippen molar-refractivity contribution < 1.29 is 13.9 Å². The Hall–Kier alpha value is -3.32. The first-order chi connectivity index (χ1) is 17.5. The molecule has 0 bridgehead atoms. The van der Waals surface area contributed by atoms with Crippen molar-refractivity contribution in [3.8, 4) is 5.75 Å². The summed E-state index contributed by atoms with van der Waals surface area (Å²) in [6.45, 7) is 11.1. The number of hydrogen-bond acceptors (Lipinski definition) is 6. The Kier molecular flexibility index (Phi) is 7.56. The number of aromatic nitrogens is 1. The normalized spacial score (nSPS) is 18.9. The second kappa shape index (κ2) is 11.2. The van der Waals surface area contributed by atoms with Crippen LogP contribution in [0.2, 0.25) is 0 Å². The maximum absolute atomic E-state index is 13.2. The van der Waals surface area contributed by atoms with Crippen molar-refractivity contribution >= 4 is 11.7 Å². The van der Waals surface area contributed by atoms with Gasteiger partial charge in [0.1, 0.15) is 23.9 Å². The first-order valence-corrected chi connectivity index (χ1v) is 13.0. The van der Waals surface area contributed by atoms with E-state index >= 15 is 0 Å². The van der Waals surface area contributed by atoms with E-state index in [0.29, 0.717) is 24.0 Å². The lowest BCUT2D eigenvalue weighted by atomic mass is 9.97. The molecule has 1 amide bonds. The number of aryl methyl sites for hydroxylation is 2. The minimum absolute atomic E-state index is 0.0163. The molecular formula is C29H36N4O3. The maximum atomic E-state index is 13.2. The zero-order chi connectivity index (χ0) is 24.9. The molecule has 0 aliphatic carbocycles. The van der Waals surface area contributed by atoms with Gasteiger partial charge < -0.3 is 19.0 Å². The van der Waals surface area contributed by atoms with Gasteiger partial charge in [-0.3, -0.25) is 9.69 Å². The van der Waals surface area contributed by atoms with Gasteiger partial charge in [0.05, 0.1) is 0 Å². The fraction of sp³-hybridized carbons (Fsp3) is 0.448. The van der Waals surface area contributed by atoms with E-state index in [2.05, 4.69) is 33.8 Å². The molecule has 2 saturated heterocycles. The third kappa shape index (κ3) is 5.90. The van der Waals surface area contributed by atoms with Crippen molar-refractivity contribution in [2.24, 2.45) is 5.92 Å². The third-order valence-corrected chi connectivity index (χ3v) is 7.24. The first kappa shape index (κ1) is 24.4. The number of nitrogens with zero attached hydrogens (tertiary/aromatic N) is 4. The fourth-order valence-electron chi connectivity index (χ4n) is 5.30. The molecule has 1 unspecified atom stereocenters. The van der Waals surface area contributed by atoms with Crippen LogP contribution < -0.4 is 9.64 Å². The van der Waals surface area contributed by atoms with Crippen molar-refractivity contribution in [1.82, 2.24) is 14.8 Å². The van der Waals surface area contributed by atoms with Crippen LogP contribution in [0.1, 0.15) is 40.3 Å². The number of benzene rings is 1. The summed E-state index contributed by atoms with van der Waals surface area (Å²) in [6, 6.07) is 15.8. The number of ether oxygens (including phenoxy) is 1. The van der Waals surface area contributed by atoms with Crippen LogP contribution in [0.4, 0.5) is 5.82 Å². The van der Waals surface area contributed by atoms with E-state index in [4.69, 9.17) is 9.15 Å². The van der Waals surface area contributed by atoms with Crippen molar-refractivity contribution in [1.29, 1.82) is 0 Å². The van der Waals surface area contributed by atoms with Crippen LogP contribution in [-0.4, -0.2) is 66.5 Å². The highest BCUT2D eigenvalue weighted by Gasteiger charge is 2.28. The molecule has 1 aromatic carbocycles. The highest BCUT2D eigenvalue weighted by molar-refractivity contribution is 5.91. The number of carbonyl (C=O) groups excluding carboxylic acids is 1. The topological polar surface area (TPSA) is 62.1 Å². The standard InChI is InChI=1S/C29H36N4O3/c1-22-8-10-26(23(2)18-22)35-21-25-9-11-27(36-25)29(34)33-13-5-6-24(20-33)19-31-14-16-32(17-15-31)28-7-3-4-12-30-28/h3-4,7-12,18,24H,5-6,13-17,19-21H2,1-2H3. The molecule has 0 saturated carbocycles. The highest BCUT2D eigenvalue weighted by Crippen LogP contribution is 2.23. The van der Waals surface area contributed by atoms with Crippen LogP contribution in [0.5, 0.6) is 5.75 Å². The second-order valence-electron chi connectivity index (χ2n) is 10.1. The van der Waals surface area contributed by atoms with Gasteiger partial charge in [-0.1, -0.05) is 23.8 Å². The molecule has 0 N–H and O–H groups in total. The Balaban J connectivity index is 1.11. The summed E-state index contributed by atoms with van der Waals surface area (Å²) in [5.74, 6) is 3.44. The van der Waals surface area contributed by atoms with E-state index in [9.17, 15) is 4.79 Å². The molecule has 3 aromatic rings. The molecular weight excluding hydrogens is 452 g/mol. The van der Waals surface area contributed by atoms with Crippen LogP contribution in [0.25, 0.3) is 0 Å². The largest absolute Gasteiger partial charge is 0.485 e. The number of carbonyl (C=O) groups is 1. The molecule has 7 nitrogen and oxygen atoms in total. The summed E-state index contributed by atoms with van der Waals surface area (Å²) in [5, 5.41) is 0. The summed E-state index contributed by atoms with van der Waals surface area (Å²) in [4.78, 5) is 24.5. The number of pyridine rings is 1. The summed E-state index contributed by atoms with van der Waals surface area (Å²) in [7, 11) is 0. The summed E-state index contributed by atoms with van der Waals surface area (Å²) in [6.07, 6.45) is 4.06. The van der Waals surface area contributed by atoms with E-state index in [1.54, 1.807) is 6.07 Å². The molecule has 2 aliphatic heterocycles. The maximum Gasteiger partial charge on any atom is 0.289 e. The second-order valence-corrected chi connectivity index (χ2v) is 10.1. The van der Waals surface area contributed by atoms with E-state index in [1.807, 2.05) is 48.4 Å². The molecule has 1 atom stereocenters. The van der Waals surface area contributed by atoms with Crippen molar-refractivity contribution in [3.05, 3.63) is 77.4 Å². The van der Waals surface area contributed by atoms with Gasteiger partial charge in [-0.2, -0.15) is 0 Å². The lowest BCUT2D eigenvalue weighted by molar-refractivity contribution is 0.0602. The molecule has 0 spiro atoms. The van der Waals surface area contributed by atoms with Crippen LogP contribution in [0.15, 0.2) is 59.1 Å². The van der Waals surface area contributed by atoms with E-state index < -0.39 is 0 Å². The molecule has 190 valence electrons. The van der Waals surface area contributed by atoms with Gasteiger partial charge in [0.2, 0.25) is 0 Å². The average Bonchev–Trinajstić information content (AvgIpc) is 3.38. The molecule has 2 aromatic heterocycles. The van der Waals surface area contributed by atoms with Gasteiger partial charge in [0.15, 0.2) is 5.76 Å². The lowest BCUT2D eigenvalue weighted by Gasteiger charge is -2.39. The number of rotatable bonds is 7. The van der Waals surface area contributed by atoms with Gasteiger partial charge in [-0.05, 0) is 68.5 Å². The number of piperidine rings is 1. The number of furan rings is 1. The predicted molar refractivity (Wildman–Crippen MR) is 140 cm³/mol. The first-order valence-electron chi connectivity index (χ1n) is 13.0. The predicted octanol–water partition coefficient (Wildman–Crippen LogP) is 4.54. The van der Waals surface area contributed by atoms with Crippen LogP contribution >= 0.6 is 0 Å². The quantitative estimate of drug-likeness (QED) is 0.487. The minimum Gasteiger partial charge on any atom is -0.485 e. The summed E-state index contributed by atoms with van der Waals surface area (Å²) >= 11 is 0. The van der Waals surface area contributed by atoms with Gasteiger partial charge >= 0.3 is 0 Å². The number of anilines is 1. The monoisotopic (exact) mass is 488 g/mol. The van der Waals surface area contributed by atoms with E-state index in [1.165, 1.54) is 5.56 Å². The molecule has 7 heteroatoms. The lowest BCUT2D eigenvalue weighted by Crippen LogP contribution is -2.50. The van der Waals surface area contributed by atoms with Crippen molar-refractivity contribution in [2.45, 2.75) is 33.3 Å². The summed E-state index contributed by atoms with van der Waals surface area (Å²) in [5.41, 5.74) is 2.30. The van der Waals surface area contributed by atoms with Crippen LogP contribution in [-0.2, 0) is 6.61 Å². The smallest absolute Gasteiger partial charge is 0.289 e. The number of amides is 1. The Morgan fingerprint density at radius 2 is 1.92 bits per heavy atom. The zero-order valence-electron chi connectivity index (χ0n) is 21.4. The summed E-state index contributed by atoms with van der Waals surface area (Å²) < 4.78 is 11.8. The third-order valence-electron chi connectivity index (χ3n) is 7.24. The number of likely N-dealkylation sites (tertiary alicyclic amines) is 1. The molecule has 0 radical (unpaired) electrons. The Morgan fingerprint density at radius 1 is 1.06 bits per heavy atom. The molecule has 4 heterocycles. The molecule has 5 rings (SSSR count). The van der Waals surface area contributed by atoms with Crippen LogP contribution in [0, 0.1) is 19.8 Å². The molecule has 2 fully saturated rings. The fourth-order valence-corrected chi connectivity index (χ4v) is 5.30. The van der Waals surface area contributed by atoms with Crippen molar-refractivity contribution in [2.75, 3.05) is 50.7 Å². The van der Waals surface area contributed by atoms with Crippen LogP contribution in [0.3, 0.4) is 0 Å². The Bertz CT molecular complexity index is 1150. The zero-order valence-corrected chi connectivity index (χ0v) is 21.4. The number of hydrogen-bond donors (Lipinski definition) is 0. The van der Waals surface area contributed by atoms with Crippen molar-refractivity contribution in [3.63, 3.8) is 0 Å². The van der Waals surface area contributed by atoms with Gasteiger partial charge in [-0.15, -0.1) is 0 Å². The molecule has 36 heavy (non-hydrogen) atoms. The molecule has 2 aliphatic rings. The van der Waals surface area contributed by atoms with Gasteiger partial charge in [-0.25, -0.2) is 4.98 Å². The van der Waals surface area contributed by atoms with E-state index in [0.717, 1.165) is 75.8 Å². The Morgan fingerprint density at radius 3 is 2.69 bits per heavy atom. The Labute approximate surface area is 213 Å². The minimum atomic E-state index is -0.0163. The SMILES string of the molecule is Cc1ccc(OCc2ccc(C(=O)N3CCCC(CN4CCN(c5ccccn5)CC4)C3)o2)c(C)c1. The highest BCUT2D eigenvalue weighted by atomic mass is 16.5.